The fraction of sp³-hybridized carbons (Fsp3) is 0.286. The number of aryl methyl sites for hydroxylation is 2. The molecule has 1 saturated heterocycles. The number of urea groups is 1. The maximum atomic E-state index is 13.0. The average Bonchev–Trinajstić information content (AvgIpc) is 3.18. The first-order valence-electron chi connectivity index (χ1n) is 11.2. The fourth-order valence-electron chi connectivity index (χ4n) is 4.19. The molecule has 5 heteroatoms. The van der Waals surface area contributed by atoms with Gasteiger partial charge in [-0.25, -0.2) is 4.79 Å². The summed E-state index contributed by atoms with van der Waals surface area (Å²) < 4.78 is 2.17. The molecule has 170 valence electrons. The number of imide groups is 1. The van der Waals surface area contributed by atoms with Gasteiger partial charge >= 0.3 is 6.03 Å². The normalized spacial score (nSPS) is 15.5. The predicted octanol–water partition coefficient (Wildman–Crippen LogP) is 5.79. The average molecular weight is 442 g/mol. The number of rotatable bonds is 4. The zero-order chi connectivity index (χ0) is 23.9. The zero-order valence-corrected chi connectivity index (χ0v) is 20.2. The van der Waals surface area contributed by atoms with Crippen LogP contribution in [0.3, 0.4) is 0 Å². The number of benzene rings is 2. The number of nitrogens with zero attached hydrogens (tertiary/aromatic N) is 2. The summed E-state index contributed by atoms with van der Waals surface area (Å²) >= 11 is 0. The van der Waals surface area contributed by atoms with Crippen molar-refractivity contribution in [3.8, 4) is 5.69 Å². The van der Waals surface area contributed by atoms with Gasteiger partial charge in [0.15, 0.2) is 0 Å². The van der Waals surface area contributed by atoms with Crippen LogP contribution in [0.5, 0.6) is 0 Å². The molecule has 0 bridgehead atoms. The quantitative estimate of drug-likeness (QED) is 0.411. The maximum absolute atomic E-state index is 13.0. The lowest BCUT2D eigenvalue weighted by molar-refractivity contribution is -0.123. The molecule has 1 fully saturated rings. The summed E-state index contributed by atoms with van der Waals surface area (Å²) in [6.07, 6.45) is 1.78. The lowest BCUT2D eigenvalue weighted by atomic mass is 9.87. The Morgan fingerprint density at radius 2 is 1.55 bits per heavy atom. The monoisotopic (exact) mass is 441 g/mol. The zero-order valence-electron chi connectivity index (χ0n) is 20.2. The minimum absolute atomic E-state index is 0.0976. The Hall–Kier alpha value is -3.60. The van der Waals surface area contributed by atoms with Crippen LogP contribution in [-0.4, -0.2) is 21.4 Å². The molecule has 2 heterocycles. The van der Waals surface area contributed by atoms with E-state index in [4.69, 9.17) is 0 Å². The van der Waals surface area contributed by atoms with Crippen LogP contribution in [0.2, 0.25) is 0 Å². The second-order valence-electron chi connectivity index (χ2n) is 9.82. The van der Waals surface area contributed by atoms with E-state index < -0.39 is 6.03 Å². The van der Waals surface area contributed by atoms with Crippen LogP contribution < -0.4 is 5.32 Å². The topological polar surface area (TPSA) is 54.3 Å². The van der Waals surface area contributed by atoms with Gasteiger partial charge in [-0.3, -0.25) is 9.69 Å². The molecular weight excluding hydrogens is 410 g/mol. The third kappa shape index (κ3) is 4.49. The Morgan fingerprint density at radius 3 is 2.15 bits per heavy atom. The highest BCUT2D eigenvalue weighted by atomic mass is 16.2. The Labute approximate surface area is 195 Å². The van der Waals surface area contributed by atoms with Gasteiger partial charge in [-0.2, -0.15) is 0 Å². The molecule has 1 aliphatic heterocycles. The Bertz CT molecular complexity index is 1240. The number of carbonyl (C=O) groups is 2. The van der Waals surface area contributed by atoms with Crippen molar-refractivity contribution in [2.45, 2.75) is 53.5 Å². The van der Waals surface area contributed by atoms with Crippen LogP contribution in [0.4, 0.5) is 4.79 Å². The molecular formula is C28H31N3O2. The van der Waals surface area contributed by atoms with Crippen LogP contribution in [0, 0.1) is 20.8 Å². The standard InChI is InChI=1S/C28H31N3O2/c1-18-7-9-21(10-8-18)17-30-26(32)25(29-27(30)33)16-22-15-19(2)31(20(22)3)24-13-11-23(12-14-24)28(4,5)6/h7-16H,17H2,1-6H3,(H,29,33)/b25-16-. The van der Waals surface area contributed by atoms with Crippen LogP contribution in [-0.2, 0) is 16.8 Å². The highest BCUT2D eigenvalue weighted by Crippen LogP contribution is 2.27. The summed E-state index contributed by atoms with van der Waals surface area (Å²) in [7, 11) is 0. The molecule has 1 aliphatic rings. The van der Waals surface area contributed by atoms with Gasteiger partial charge in [0.25, 0.3) is 5.91 Å². The minimum atomic E-state index is -0.390. The van der Waals surface area contributed by atoms with E-state index in [1.54, 1.807) is 6.08 Å². The van der Waals surface area contributed by atoms with E-state index in [0.29, 0.717) is 5.70 Å². The van der Waals surface area contributed by atoms with Crippen molar-refractivity contribution in [1.82, 2.24) is 14.8 Å². The van der Waals surface area contributed by atoms with E-state index in [9.17, 15) is 9.59 Å². The van der Waals surface area contributed by atoms with E-state index in [1.807, 2.05) is 51.1 Å². The van der Waals surface area contributed by atoms with Crippen LogP contribution in [0.25, 0.3) is 11.8 Å². The largest absolute Gasteiger partial charge is 0.329 e. The van der Waals surface area contributed by atoms with Crippen molar-refractivity contribution < 1.29 is 9.59 Å². The minimum Gasteiger partial charge on any atom is -0.318 e. The van der Waals surface area contributed by atoms with E-state index in [1.165, 1.54) is 10.5 Å². The molecule has 1 N–H and O–H groups in total. The summed E-state index contributed by atoms with van der Waals surface area (Å²) in [5.41, 5.74) is 7.80. The van der Waals surface area contributed by atoms with Gasteiger partial charge in [-0.15, -0.1) is 0 Å². The number of hydrogen-bond donors (Lipinski definition) is 1. The SMILES string of the molecule is Cc1ccc(CN2C(=O)N/C(=C\c3cc(C)n(-c4ccc(C(C)(C)C)cc4)c3C)C2=O)cc1. The summed E-state index contributed by atoms with van der Waals surface area (Å²) in [6.45, 7) is 12.9. The predicted molar refractivity (Wildman–Crippen MR) is 132 cm³/mol. The van der Waals surface area contributed by atoms with Crippen LogP contribution in [0.15, 0.2) is 60.3 Å². The molecule has 2 aromatic carbocycles. The number of hydrogen-bond acceptors (Lipinski definition) is 2. The van der Waals surface area contributed by atoms with Gasteiger partial charge < -0.3 is 9.88 Å². The lowest BCUT2D eigenvalue weighted by Gasteiger charge is -2.20. The third-order valence-electron chi connectivity index (χ3n) is 6.19. The van der Waals surface area contributed by atoms with Crippen LogP contribution in [0.1, 0.15) is 54.4 Å². The number of carbonyl (C=O) groups excluding carboxylic acids is 2. The maximum Gasteiger partial charge on any atom is 0.329 e. The summed E-state index contributed by atoms with van der Waals surface area (Å²) in [5.74, 6) is -0.306. The first kappa shape index (κ1) is 22.6. The molecule has 3 aromatic rings. The third-order valence-corrected chi connectivity index (χ3v) is 6.19. The Kier molecular flexibility index (Phi) is 5.75. The Balaban J connectivity index is 1.60. The molecule has 0 radical (unpaired) electrons. The highest BCUT2D eigenvalue weighted by molar-refractivity contribution is 6.14. The van der Waals surface area contributed by atoms with Gasteiger partial charge in [-0.05, 0) is 67.2 Å². The smallest absolute Gasteiger partial charge is 0.318 e. The van der Waals surface area contributed by atoms with Crippen molar-refractivity contribution in [3.63, 3.8) is 0 Å². The molecule has 0 unspecified atom stereocenters. The number of aromatic nitrogens is 1. The molecule has 33 heavy (non-hydrogen) atoms. The van der Waals surface area contributed by atoms with Gasteiger partial charge in [0.1, 0.15) is 5.70 Å². The van der Waals surface area contributed by atoms with Crippen LogP contribution >= 0.6 is 0 Å². The first-order chi connectivity index (χ1) is 15.5. The second kappa shape index (κ2) is 8.39. The fourth-order valence-corrected chi connectivity index (χ4v) is 4.19. The molecule has 3 amide bonds. The number of nitrogens with one attached hydrogen (secondary N) is 1. The van der Waals surface area contributed by atoms with E-state index in [-0.39, 0.29) is 17.9 Å². The molecule has 1 aromatic heterocycles. The second-order valence-corrected chi connectivity index (χ2v) is 9.82. The molecule has 4 rings (SSSR count). The summed E-state index contributed by atoms with van der Waals surface area (Å²) in [6, 6.07) is 18.1. The van der Waals surface area contributed by atoms with Gasteiger partial charge in [0, 0.05) is 17.1 Å². The van der Waals surface area contributed by atoms with Crippen molar-refractivity contribution in [2.75, 3.05) is 0 Å². The molecule has 5 nitrogen and oxygen atoms in total. The van der Waals surface area contributed by atoms with Gasteiger partial charge in [-0.1, -0.05) is 62.7 Å². The van der Waals surface area contributed by atoms with Crippen molar-refractivity contribution in [3.05, 3.63) is 93.9 Å². The summed E-state index contributed by atoms with van der Waals surface area (Å²) in [5, 5.41) is 2.74. The molecule has 0 spiro atoms. The van der Waals surface area contributed by atoms with Crippen molar-refractivity contribution in [2.24, 2.45) is 0 Å². The number of amides is 3. The molecule has 0 saturated carbocycles. The van der Waals surface area contributed by atoms with Crippen molar-refractivity contribution >= 4 is 18.0 Å². The van der Waals surface area contributed by atoms with E-state index in [0.717, 1.165) is 33.8 Å². The van der Waals surface area contributed by atoms with Gasteiger partial charge in [0.2, 0.25) is 0 Å². The van der Waals surface area contributed by atoms with E-state index in [2.05, 4.69) is 54.9 Å². The summed E-state index contributed by atoms with van der Waals surface area (Å²) in [4.78, 5) is 26.7. The lowest BCUT2D eigenvalue weighted by Crippen LogP contribution is -2.30. The van der Waals surface area contributed by atoms with Crippen molar-refractivity contribution in [1.29, 1.82) is 0 Å². The highest BCUT2D eigenvalue weighted by Gasteiger charge is 2.33. The Morgan fingerprint density at radius 1 is 0.909 bits per heavy atom. The first-order valence-corrected chi connectivity index (χ1v) is 11.2. The molecule has 0 atom stereocenters. The van der Waals surface area contributed by atoms with Gasteiger partial charge in [0.05, 0.1) is 6.54 Å². The molecule has 0 aliphatic carbocycles. The van der Waals surface area contributed by atoms with E-state index >= 15 is 0 Å².